The molecule has 1 unspecified atom stereocenters. The van der Waals surface area contributed by atoms with E-state index in [-0.39, 0.29) is 5.91 Å². The Balaban J connectivity index is 2.86. The third-order valence-electron chi connectivity index (χ3n) is 2.32. The Bertz CT molecular complexity index is 386. The minimum Gasteiger partial charge on any atom is -0.480 e. The maximum absolute atomic E-state index is 11.8. The molecule has 15 heavy (non-hydrogen) atoms. The van der Waals surface area contributed by atoms with E-state index in [1.165, 1.54) is 30.2 Å². The van der Waals surface area contributed by atoms with Gasteiger partial charge in [-0.05, 0) is 30.9 Å². The van der Waals surface area contributed by atoms with E-state index in [0.717, 1.165) is 5.56 Å². The number of carbonyl (C=O) groups is 2. The predicted molar refractivity (Wildman–Crippen MR) is 58.2 cm³/mol. The highest BCUT2D eigenvalue weighted by Crippen LogP contribution is 2.18. The van der Waals surface area contributed by atoms with E-state index in [4.69, 9.17) is 5.11 Å². The quantitative estimate of drug-likeness (QED) is 0.853. The molecule has 0 aliphatic heterocycles. The second-order valence-electron chi connectivity index (χ2n) is 3.36. The van der Waals surface area contributed by atoms with Gasteiger partial charge in [-0.15, -0.1) is 11.3 Å². The van der Waals surface area contributed by atoms with Crippen LogP contribution in [-0.2, 0) is 4.79 Å². The largest absolute Gasteiger partial charge is 0.480 e. The van der Waals surface area contributed by atoms with Crippen LogP contribution >= 0.6 is 11.3 Å². The molecule has 0 saturated carbocycles. The van der Waals surface area contributed by atoms with Gasteiger partial charge in [-0.25, -0.2) is 4.79 Å². The first-order chi connectivity index (χ1) is 6.95. The molecule has 0 saturated heterocycles. The Morgan fingerprint density at radius 3 is 2.53 bits per heavy atom. The molecule has 1 amide bonds. The van der Waals surface area contributed by atoms with Crippen LogP contribution in [0.2, 0.25) is 0 Å². The molecule has 1 atom stereocenters. The number of hydrogen-bond acceptors (Lipinski definition) is 3. The minimum absolute atomic E-state index is 0.239. The number of hydrogen-bond donors (Lipinski definition) is 1. The molecule has 4 nitrogen and oxygen atoms in total. The van der Waals surface area contributed by atoms with Gasteiger partial charge in [0, 0.05) is 7.05 Å². The molecule has 5 heteroatoms. The molecule has 82 valence electrons. The van der Waals surface area contributed by atoms with Crippen molar-refractivity contribution in [2.24, 2.45) is 0 Å². The van der Waals surface area contributed by atoms with Gasteiger partial charge in [-0.1, -0.05) is 0 Å². The van der Waals surface area contributed by atoms with E-state index in [1.807, 2.05) is 18.4 Å². The van der Waals surface area contributed by atoms with Gasteiger partial charge in [0.15, 0.2) is 0 Å². The van der Waals surface area contributed by atoms with E-state index >= 15 is 0 Å². The number of nitrogens with zero attached hydrogens (tertiary/aromatic N) is 1. The van der Waals surface area contributed by atoms with Crippen LogP contribution < -0.4 is 0 Å². The zero-order valence-electron chi connectivity index (χ0n) is 8.85. The van der Waals surface area contributed by atoms with Crippen LogP contribution in [0, 0.1) is 6.92 Å². The van der Waals surface area contributed by atoms with Crippen molar-refractivity contribution >= 4 is 23.2 Å². The van der Waals surface area contributed by atoms with Crippen LogP contribution in [0.5, 0.6) is 0 Å². The Hall–Kier alpha value is -1.36. The zero-order valence-corrected chi connectivity index (χ0v) is 9.67. The topological polar surface area (TPSA) is 57.6 Å². The predicted octanol–water partition coefficient (Wildman–Crippen LogP) is 1.60. The summed E-state index contributed by atoms with van der Waals surface area (Å²) in [5.41, 5.74) is 0.884. The lowest BCUT2D eigenvalue weighted by molar-refractivity contribution is -0.141. The first-order valence-electron chi connectivity index (χ1n) is 4.49. The SMILES string of the molecule is Cc1ccsc1C(=O)N(C)C(C)C(=O)O. The molecule has 1 heterocycles. The van der Waals surface area contributed by atoms with Crippen LogP contribution in [0.3, 0.4) is 0 Å². The van der Waals surface area contributed by atoms with Crippen LogP contribution in [0.4, 0.5) is 0 Å². The molecule has 0 aliphatic carbocycles. The normalized spacial score (nSPS) is 12.2. The van der Waals surface area contributed by atoms with Gasteiger partial charge in [-0.3, -0.25) is 4.79 Å². The van der Waals surface area contributed by atoms with E-state index in [0.29, 0.717) is 4.88 Å². The summed E-state index contributed by atoms with van der Waals surface area (Å²) in [6, 6.07) is 1.04. The van der Waals surface area contributed by atoms with Gasteiger partial charge in [-0.2, -0.15) is 0 Å². The number of carboxylic acids is 1. The molecule has 0 bridgehead atoms. The van der Waals surface area contributed by atoms with Crippen molar-refractivity contribution in [3.8, 4) is 0 Å². The smallest absolute Gasteiger partial charge is 0.326 e. The van der Waals surface area contributed by atoms with Crippen molar-refractivity contribution in [3.63, 3.8) is 0 Å². The molecule has 0 fully saturated rings. The third-order valence-corrected chi connectivity index (χ3v) is 3.32. The number of rotatable bonds is 3. The maximum atomic E-state index is 11.8. The minimum atomic E-state index is -1.000. The monoisotopic (exact) mass is 227 g/mol. The van der Waals surface area contributed by atoms with Crippen molar-refractivity contribution in [2.45, 2.75) is 19.9 Å². The summed E-state index contributed by atoms with van der Waals surface area (Å²) in [7, 11) is 1.50. The molecule has 0 aromatic carbocycles. The number of thiophene rings is 1. The first-order valence-corrected chi connectivity index (χ1v) is 5.37. The summed E-state index contributed by atoms with van der Waals surface area (Å²) in [6.07, 6.45) is 0. The average Bonchev–Trinajstić information content (AvgIpc) is 2.60. The number of likely N-dealkylation sites (N-methyl/N-ethyl adjacent to an activating group) is 1. The molecule has 1 N–H and O–H groups in total. The molecular formula is C10H13NO3S. The van der Waals surface area contributed by atoms with Crippen molar-refractivity contribution in [1.29, 1.82) is 0 Å². The van der Waals surface area contributed by atoms with Crippen LogP contribution in [-0.4, -0.2) is 35.0 Å². The summed E-state index contributed by atoms with van der Waals surface area (Å²) in [6.45, 7) is 3.33. The van der Waals surface area contributed by atoms with Crippen molar-refractivity contribution in [3.05, 3.63) is 21.9 Å². The first kappa shape index (κ1) is 11.7. The number of amides is 1. The van der Waals surface area contributed by atoms with E-state index in [1.54, 1.807) is 0 Å². The van der Waals surface area contributed by atoms with E-state index in [9.17, 15) is 9.59 Å². The average molecular weight is 227 g/mol. The second kappa shape index (κ2) is 4.44. The maximum Gasteiger partial charge on any atom is 0.326 e. The summed E-state index contributed by atoms with van der Waals surface area (Å²) >= 11 is 1.33. The molecule has 1 rings (SSSR count). The fourth-order valence-electron chi connectivity index (χ4n) is 1.09. The molecule has 0 spiro atoms. The van der Waals surface area contributed by atoms with Gasteiger partial charge >= 0.3 is 5.97 Å². The lowest BCUT2D eigenvalue weighted by atomic mass is 10.2. The van der Waals surface area contributed by atoms with Crippen molar-refractivity contribution in [2.75, 3.05) is 7.05 Å². The Labute approximate surface area is 92.1 Å². The fraction of sp³-hybridized carbons (Fsp3) is 0.400. The number of carboxylic acid groups (broad SMARTS) is 1. The molecular weight excluding hydrogens is 214 g/mol. The molecule has 0 radical (unpaired) electrons. The van der Waals surface area contributed by atoms with Gasteiger partial charge in [0.2, 0.25) is 0 Å². The van der Waals surface area contributed by atoms with E-state index < -0.39 is 12.0 Å². The van der Waals surface area contributed by atoms with Gasteiger partial charge < -0.3 is 10.0 Å². The van der Waals surface area contributed by atoms with Crippen molar-refractivity contribution < 1.29 is 14.7 Å². The lowest BCUT2D eigenvalue weighted by Crippen LogP contribution is -2.40. The van der Waals surface area contributed by atoms with Crippen molar-refractivity contribution in [1.82, 2.24) is 4.90 Å². The highest BCUT2D eigenvalue weighted by Gasteiger charge is 2.24. The van der Waals surface area contributed by atoms with Gasteiger partial charge in [0.05, 0.1) is 4.88 Å². The molecule has 0 aliphatic rings. The molecule has 1 aromatic heterocycles. The number of carbonyl (C=O) groups excluding carboxylic acids is 1. The Morgan fingerprint density at radius 2 is 2.13 bits per heavy atom. The fourth-order valence-corrected chi connectivity index (χ4v) is 2.00. The summed E-state index contributed by atoms with van der Waals surface area (Å²) in [5.74, 6) is -1.24. The third kappa shape index (κ3) is 2.36. The summed E-state index contributed by atoms with van der Waals surface area (Å²) < 4.78 is 0. The number of aliphatic carboxylic acids is 1. The van der Waals surface area contributed by atoms with Crippen LogP contribution in [0.25, 0.3) is 0 Å². The van der Waals surface area contributed by atoms with Gasteiger partial charge in [0.1, 0.15) is 6.04 Å². The lowest BCUT2D eigenvalue weighted by Gasteiger charge is -2.21. The standard InChI is InChI=1S/C10H13NO3S/c1-6-4-5-15-8(6)9(12)11(3)7(2)10(13)14/h4-5,7H,1-3H3,(H,13,14). The van der Waals surface area contributed by atoms with Crippen LogP contribution in [0.1, 0.15) is 22.2 Å². The zero-order chi connectivity index (χ0) is 11.6. The summed E-state index contributed by atoms with van der Waals surface area (Å²) in [5, 5.41) is 10.6. The summed E-state index contributed by atoms with van der Waals surface area (Å²) in [4.78, 5) is 24.4. The molecule has 1 aromatic rings. The Kier molecular flexibility index (Phi) is 3.47. The van der Waals surface area contributed by atoms with E-state index in [2.05, 4.69) is 0 Å². The second-order valence-corrected chi connectivity index (χ2v) is 4.28. The highest BCUT2D eigenvalue weighted by molar-refractivity contribution is 7.12. The van der Waals surface area contributed by atoms with Crippen LogP contribution in [0.15, 0.2) is 11.4 Å². The highest BCUT2D eigenvalue weighted by atomic mass is 32.1. The van der Waals surface area contributed by atoms with Gasteiger partial charge in [0.25, 0.3) is 5.91 Å². The number of aryl methyl sites for hydroxylation is 1. The Morgan fingerprint density at radius 1 is 1.53 bits per heavy atom.